The van der Waals surface area contributed by atoms with E-state index in [2.05, 4.69) is 0 Å². The summed E-state index contributed by atoms with van der Waals surface area (Å²) in [5, 5.41) is 0.520. The van der Waals surface area contributed by atoms with Crippen LogP contribution in [0.5, 0.6) is 0 Å². The molecule has 1 aliphatic rings. The van der Waals surface area contributed by atoms with Gasteiger partial charge >= 0.3 is 5.97 Å². The number of ketones is 1. The topological polar surface area (TPSA) is 80.8 Å². The summed E-state index contributed by atoms with van der Waals surface area (Å²) in [5.74, 6) is -1.21. The predicted molar refractivity (Wildman–Crippen MR) is 119 cm³/mol. The maximum Gasteiger partial charge on any atom is 0.309 e. The summed E-state index contributed by atoms with van der Waals surface area (Å²) < 4.78 is 33.0. The Morgan fingerprint density at radius 3 is 2.13 bits per heavy atom. The molecule has 0 saturated carbocycles. The van der Waals surface area contributed by atoms with Gasteiger partial charge in [-0.3, -0.25) is 9.59 Å². The van der Waals surface area contributed by atoms with E-state index in [0.717, 1.165) is 16.7 Å². The number of sulfonamides is 1. The second-order valence-corrected chi connectivity index (χ2v) is 10.3. The molecule has 1 saturated heterocycles. The van der Waals surface area contributed by atoms with Crippen molar-refractivity contribution in [3.8, 4) is 0 Å². The second-order valence-electron chi connectivity index (χ2n) is 7.94. The van der Waals surface area contributed by atoms with Gasteiger partial charge in [0.2, 0.25) is 10.0 Å². The Labute approximate surface area is 188 Å². The van der Waals surface area contributed by atoms with Crippen molar-refractivity contribution < 1.29 is 22.7 Å². The number of aryl methyl sites for hydroxylation is 3. The first-order valence-electron chi connectivity index (χ1n) is 10.1. The molecule has 8 heteroatoms. The van der Waals surface area contributed by atoms with Crippen molar-refractivity contribution in [1.82, 2.24) is 4.31 Å². The zero-order valence-corrected chi connectivity index (χ0v) is 19.4. The number of hydrogen-bond donors (Lipinski definition) is 0. The molecule has 0 unspecified atom stereocenters. The van der Waals surface area contributed by atoms with Crippen LogP contribution in [0.3, 0.4) is 0 Å². The molecule has 3 rings (SSSR count). The summed E-state index contributed by atoms with van der Waals surface area (Å²) in [6.07, 6.45) is 0.717. The predicted octanol–water partition coefficient (Wildman–Crippen LogP) is 4.09. The van der Waals surface area contributed by atoms with Crippen molar-refractivity contribution in [2.45, 2.75) is 38.5 Å². The van der Waals surface area contributed by atoms with E-state index in [1.54, 1.807) is 38.1 Å². The fraction of sp³-hybridized carbons (Fsp3) is 0.391. The van der Waals surface area contributed by atoms with Crippen molar-refractivity contribution in [3.63, 3.8) is 0 Å². The van der Waals surface area contributed by atoms with E-state index in [9.17, 15) is 18.0 Å². The molecule has 0 spiro atoms. The van der Waals surface area contributed by atoms with E-state index in [-0.39, 0.29) is 25.5 Å². The number of hydrogen-bond acceptors (Lipinski definition) is 5. The lowest BCUT2D eigenvalue weighted by atomic mass is 9.98. The molecule has 6 nitrogen and oxygen atoms in total. The first kappa shape index (κ1) is 23.4. The number of piperidine rings is 1. The zero-order chi connectivity index (χ0) is 22.8. The summed E-state index contributed by atoms with van der Waals surface area (Å²) in [6.45, 7) is 5.66. The molecule has 0 aliphatic carbocycles. The highest BCUT2D eigenvalue weighted by Crippen LogP contribution is 2.29. The van der Waals surface area contributed by atoms with Gasteiger partial charge in [0.15, 0.2) is 12.4 Å². The van der Waals surface area contributed by atoms with E-state index >= 15 is 0 Å². The van der Waals surface area contributed by atoms with Crippen LogP contribution in [0.4, 0.5) is 0 Å². The van der Waals surface area contributed by atoms with Gasteiger partial charge in [-0.15, -0.1) is 0 Å². The van der Waals surface area contributed by atoms with Crippen molar-refractivity contribution in [2.75, 3.05) is 19.7 Å². The quantitative estimate of drug-likeness (QED) is 0.476. The second kappa shape index (κ2) is 9.51. The van der Waals surface area contributed by atoms with Gasteiger partial charge in [0.25, 0.3) is 0 Å². The van der Waals surface area contributed by atoms with Gasteiger partial charge in [0.1, 0.15) is 0 Å². The lowest BCUT2D eigenvalue weighted by Gasteiger charge is -2.31. The molecule has 2 aromatic rings. The molecule has 0 aromatic heterocycles. The van der Waals surface area contributed by atoms with E-state index in [1.165, 1.54) is 4.31 Å². The van der Waals surface area contributed by atoms with Crippen LogP contribution in [-0.4, -0.2) is 44.2 Å². The Bertz CT molecular complexity index is 1060. The molecule has 31 heavy (non-hydrogen) atoms. The van der Waals surface area contributed by atoms with Gasteiger partial charge < -0.3 is 4.74 Å². The molecule has 0 N–H and O–H groups in total. The number of halogens is 1. The standard InChI is InChI=1S/C23H26ClNO5S/c1-15-12-16(2)22(17(3)13-15)31(28,29)25-10-8-19(9-11-25)23(27)30-14-21(26)18-4-6-20(24)7-5-18/h4-7,12-13,19H,8-11,14H2,1-3H3. The van der Waals surface area contributed by atoms with Crippen LogP contribution in [0.1, 0.15) is 39.9 Å². The van der Waals surface area contributed by atoms with Gasteiger partial charge in [-0.25, -0.2) is 8.42 Å². The van der Waals surface area contributed by atoms with Gasteiger partial charge in [0.05, 0.1) is 10.8 Å². The number of rotatable bonds is 6. The Morgan fingerprint density at radius 2 is 1.58 bits per heavy atom. The van der Waals surface area contributed by atoms with Gasteiger partial charge in [-0.05, 0) is 69.0 Å². The zero-order valence-electron chi connectivity index (χ0n) is 17.9. The van der Waals surface area contributed by atoms with Crippen molar-refractivity contribution >= 4 is 33.4 Å². The summed E-state index contributed by atoms with van der Waals surface area (Å²) >= 11 is 5.81. The average Bonchev–Trinajstić information content (AvgIpc) is 2.71. The molecule has 2 aromatic carbocycles. The molecular formula is C23H26ClNO5S. The first-order valence-corrected chi connectivity index (χ1v) is 11.9. The Hall–Kier alpha value is -2.22. The molecule has 1 heterocycles. The van der Waals surface area contributed by atoms with E-state index < -0.39 is 21.9 Å². The summed E-state index contributed by atoms with van der Waals surface area (Å²) in [5.41, 5.74) is 2.88. The minimum Gasteiger partial charge on any atom is -0.457 e. The van der Waals surface area contributed by atoms with E-state index in [1.807, 2.05) is 19.1 Å². The number of nitrogens with zero attached hydrogens (tertiary/aromatic N) is 1. The Balaban J connectivity index is 1.58. The number of carbonyl (C=O) groups is 2. The first-order chi connectivity index (χ1) is 14.6. The van der Waals surface area contributed by atoms with Gasteiger partial charge in [-0.2, -0.15) is 4.31 Å². The molecule has 1 fully saturated rings. The molecule has 0 bridgehead atoms. The molecule has 0 amide bonds. The molecule has 0 radical (unpaired) electrons. The molecule has 1 aliphatic heterocycles. The fourth-order valence-corrected chi connectivity index (χ4v) is 6.02. The van der Waals surface area contributed by atoms with Crippen molar-refractivity contribution in [3.05, 3.63) is 63.7 Å². The third-order valence-corrected chi connectivity index (χ3v) is 7.96. The lowest BCUT2D eigenvalue weighted by molar-refractivity contribution is -0.148. The van der Waals surface area contributed by atoms with Crippen LogP contribution < -0.4 is 0 Å². The minimum atomic E-state index is -3.64. The summed E-state index contributed by atoms with van der Waals surface area (Å²) in [6, 6.07) is 10.1. The number of carbonyl (C=O) groups excluding carboxylic acids is 2. The van der Waals surface area contributed by atoms with Crippen LogP contribution in [0, 0.1) is 26.7 Å². The van der Waals surface area contributed by atoms with Crippen molar-refractivity contribution in [1.29, 1.82) is 0 Å². The molecular weight excluding hydrogens is 438 g/mol. The lowest BCUT2D eigenvalue weighted by Crippen LogP contribution is -2.41. The van der Waals surface area contributed by atoms with Crippen molar-refractivity contribution in [2.24, 2.45) is 5.92 Å². The molecule has 166 valence electrons. The molecule has 0 atom stereocenters. The van der Waals surface area contributed by atoms with Crippen LogP contribution in [0.15, 0.2) is 41.3 Å². The van der Waals surface area contributed by atoms with Crippen LogP contribution in [0.25, 0.3) is 0 Å². The number of ether oxygens (including phenoxy) is 1. The monoisotopic (exact) mass is 463 g/mol. The normalized spacial score (nSPS) is 15.6. The van der Waals surface area contributed by atoms with E-state index in [4.69, 9.17) is 16.3 Å². The summed E-state index contributed by atoms with van der Waals surface area (Å²) in [7, 11) is -3.64. The Kier molecular flexibility index (Phi) is 7.19. The van der Waals surface area contributed by atoms with Gasteiger partial charge in [-0.1, -0.05) is 29.3 Å². The minimum absolute atomic E-state index is 0.236. The van der Waals surface area contributed by atoms with Crippen LogP contribution >= 0.6 is 11.6 Å². The smallest absolute Gasteiger partial charge is 0.309 e. The maximum absolute atomic E-state index is 13.2. The maximum atomic E-state index is 13.2. The van der Waals surface area contributed by atoms with E-state index in [0.29, 0.717) is 28.3 Å². The highest BCUT2D eigenvalue weighted by atomic mass is 35.5. The highest BCUT2D eigenvalue weighted by molar-refractivity contribution is 7.89. The number of Topliss-reactive ketones (excluding diaryl/α,β-unsaturated/α-hetero) is 1. The fourth-order valence-electron chi connectivity index (χ4n) is 4.01. The Morgan fingerprint density at radius 1 is 1.03 bits per heavy atom. The summed E-state index contributed by atoms with van der Waals surface area (Å²) in [4.78, 5) is 24.9. The number of benzene rings is 2. The third kappa shape index (κ3) is 5.34. The van der Waals surface area contributed by atoms with Crippen LogP contribution in [-0.2, 0) is 19.6 Å². The van der Waals surface area contributed by atoms with Gasteiger partial charge in [0, 0.05) is 23.7 Å². The average molecular weight is 464 g/mol. The highest BCUT2D eigenvalue weighted by Gasteiger charge is 2.34. The SMILES string of the molecule is Cc1cc(C)c(S(=O)(=O)N2CCC(C(=O)OCC(=O)c3ccc(Cl)cc3)CC2)c(C)c1. The third-order valence-electron chi connectivity index (χ3n) is 5.50. The largest absolute Gasteiger partial charge is 0.457 e. The van der Waals surface area contributed by atoms with Crippen LogP contribution in [0.2, 0.25) is 5.02 Å². The number of esters is 1.